The Morgan fingerprint density at radius 3 is 2.53 bits per heavy atom. The largest absolute Gasteiger partial charge is 0.383 e. The number of halogens is 1. The second-order valence-electron chi connectivity index (χ2n) is 2.90. The molecule has 0 spiro atoms. The van der Waals surface area contributed by atoms with Crippen LogP contribution in [0.2, 0.25) is 5.28 Å². The van der Waals surface area contributed by atoms with Gasteiger partial charge in [0.05, 0.1) is 5.52 Å². The van der Waals surface area contributed by atoms with Crippen molar-refractivity contribution in [2.75, 3.05) is 5.73 Å². The van der Waals surface area contributed by atoms with Gasteiger partial charge in [-0.2, -0.15) is 0 Å². The van der Waals surface area contributed by atoms with E-state index in [1.807, 2.05) is 39.0 Å². The summed E-state index contributed by atoms with van der Waals surface area (Å²) < 4.78 is 0. The molecule has 0 aliphatic heterocycles. The Morgan fingerprint density at radius 2 is 1.87 bits per heavy atom. The van der Waals surface area contributed by atoms with E-state index in [-0.39, 0.29) is 5.28 Å². The van der Waals surface area contributed by atoms with Crippen LogP contribution >= 0.6 is 11.6 Å². The van der Waals surface area contributed by atoms with Gasteiger partial charge in [-0.15, -0.1) is 0 Å². The fourth-order valence-corrected chi connectivity index (χ4v) is 1.42. The molecule has 1 aromatic heterocycles. The van der Waals surface area contributed by atoms with Gasteiger partial charge in [0.2, 0.25) is 5.28 Å². The molecule has 80 valence electrons. The molecule has 15 heavy (non-hydrogen) atoms. The molecule has 1 aromatic carbocycles. The maximum absolute atomic E-state index is 5.69. The Bertz CT molecular complexity index is 469. The number of nitrogens with zero attached hydrogens (tertiary/aromatic N) is 2. The van der Waals surface area contributed by atoms with Crippen molar-refractivity contribution in [2.45, 2.75) is 20.8 Å². The zero-order valence-corrected chi connectivity index (χ0v) is 9.84. The molecule has 0 amide bonds. The van der Waals surface area contributed by atoms with Gasteiger partial charge in [-0.05, 0) is 30.7 Å². The summed E-state index contributed by atoms with van der Waals surface area (Å²) in [6.07, 6.45) is 0. The van der Waals surface area contributed by atoms with Gasteiger partial charge in [-0.3, -0.25) is 0 Å². The topological polar surface area (TPSA) is 51.8 Å². The van der Waals surface area contributed by atoms with Crippen LogP contribution in [-0.4, -0.2) is 9.97 Å². The molecule has 0 radical (unpaired) electrons. The number of aryl methyl sites for hydroxylation is 1. The Labute approximate surface area is 94.3 Å². The fraction of sp³-hybridized carbons (Fsp3) is 0.273. The average molecular weight is 224 g/mol. The fourth-order valence-electron chi connectivity index (χ4n) is 1.24. The van der Waals surface area contributed by atoms with Crippen LogP contribution in [0.25, 0.3) is 10.9 Å². The molecule has 2 rings (SSSR count). The molecule has 2 N–H and O–H groups in total. The lowest BCUT2D eigenvalue weighted by atomic mass is 10.1. The van der Waals surface area contributed by atoms with E-state index >= 15 is 0 Å². The van der Waals surface area contributed by atoms with Crippen LogP contribution in [0.15, 0.2) is 18.2 Å². The summed E-state index contributed by atoms with van der Waals surface area (Å²) in [7, 11) is 0. The Kier molecular flexibility index (Phi) is 3.86. The van der Waals surface area contributed by atoms with E-state index in [1.165, 1.54) is 0 Å². The van der Waals surface area contributed by atoms with Gasteiger partial charge in [-0.25, -0.2) is 9.97 Å². The number of hydrogen-bond acceptors (Lipinski definition) is 3. The van der Waals surface area contributed by atoms with Crippen LogP contribution in [-0.2, 0) is 0 Å². The monoisotopic (exact) mass is 223 g/mol. The van der Waals surface area contributed by atoms with Crippen molar-refractivity contribution < 1.29 is 0 Å². The molecule has 4 heteroatoms. The predicted octanol–water partition coefficient (Wildman–Crippen LogP) is 3.20. The van der Waals surface area contributed by atoms with Crippen molar-refractivity contribution in [3.8, 4) is 0 Å². The number of rotatable bonds is 0. The van der Waals surface area contributed by atoms with E-state index in [0.717, 1.165) is 16.5 Å². The zero-order valence-electron chi connectivity index (χ0n) is 9.08. The number of anilines is 1. The van der Waals surface area contributed by atoms with Crippen LogP contribution in [0.1, 0.15) is 19.4 Å². The molecule has 0 unspecified atom stereocenters. The molecule has 0 saturated heterocycles. The molecule has 0 bridgehead atoms. The van der Waals surface area contributed by atoms with E-state index in [4.69, 9.17) is 17.3 Å². The van der Waals surface area contributed by atoms with Crippen molar-refractivity contribution in [3.05, 3.63) is 29.0 Å². The van der Waals surface area contributed by atoms with Gasteiger partial charge in [-0.1, -0.05) is 25.5 Å². The maximum Gasteiger partial charge on any atom is 0.224 e. The van der Waals surface area contributed by atoms with E-state index in [2.05, 4.69) is 9.97 Å². The lowest BCUT2D eigenvalue weighted by Gasteiger charge is -2.01. The molecule has 3 nitrogen and oxygen atoms in total. The van der Waals surface area contributed by atoms with E-state index in [9.17, 15) is 0 Å². The van der Waals surface area contributed by atoms with E-state index in [1.54, 1.807) is 0 Å². The number of nitrogen functional groups attached to an aromatic ring is 1. The third-order valence-corrected chi connectivity index (χ3v) is 2.02. The molecular weight excluding hydrogens is 210 g/mol. The highest BCUT2D eigenvalue weighted by Gasteiger charge is 2.02. The van der Waals surface area contributed by atoms with Crippen molar-refractivity contribution in [1.82, 2.24) is 9.97 Å². The maximum atomic E-state index is 5.69. The third-order valence-electron chi connectivity index (χ3n) is 1.85. The lowest BCUT2D eigenvalue weighted by molar-refractivity contribution is 1.23. The average Bonchev–Trinajstić information content (AvgIpc) is 2.22. The van der Waals surface area contributed by atoms with Gasteiger partial charge in [0, 0.05) is 5.39 Å². The van der Waals surface area contributed by atoms with Crippen molar-refractivity contribution in [3.63, 3.8) is 0 Å². The third kappa shape index (κ3) is 2.57. The quantitative estimate of drug-likeness (QED) is 0.698. The number of nitrogens with two attached hydrogens (primary N) is 1. The van der Waals surface area contributed by atoms with Crippen LogP contribution in [0.3, 0.4) is 0 Å². The van der Waals surface area contributed by atoms with Crippen LogP contribution in [0, 0.1) is 6.92 Å². The molecule has 2 aromatic rings. The molecule has 0 fully saturated rings. The van der Waals surface area contributed by atoms with Crippen LogP contribution in [0.5, 0.6) is 0 Å². The van der Waals surface area contributed by atoms with Gasteiger partial charge in [0.15, 0.2) is 0 Å². The highest BCUT2D eigenvalue weighted by atomic mass is 35.5. The smallest absolute Gasteiger partial charge is 0.224 e. The summed E-state index contributed by atoms with van der Waals surface area (Å²) in [6, 6.07) is 5.79. The number of fused-ring (bicyclic) bond motifs is 1. The molecule has 0 saturated carbocycles. The summed E-state index contributed by atoms with van der Waals surface area (Å²) in [5.74, 6) is 0.429. The number of hydrogen-bond donors (Lipinski definition) is 1. The first kappa shape index (κ1) is 11.7. The molecule has 0 aliphatic carbocycles. The van der Waals surface area contributed by atoms with E-state index in [0.29, 0.717) is 5.82 Å². The first-order valence-corrected chi connectivity index (χ1v) is 5.24. The van der Waals surface area contributed by atoms with Crippen LogP contribution in [0.4, 0.5) is 5.82 Å². The van der Waals surface area contributed by atoms with Crippen molar-refractivity contribution >= 4 is 28.3 Å². The van der Waals surface area contributed by atoms with Gasteiger partial charge >= 0.3 is 0 Å². The minimum atomic E-state index is 0.189. The predicted molar refractivity (Wildman–Crippen MR) is 65.0 cm³/mol. The van der Waals surface area contributed by atoms with E-state index < -0.39 is 0 Å². The Hall–Kier alpha value is -1.35. The molecule has 0 aliphatic rings. The molecule has 1 heterocycles. The summed E-state index contributed by atoms with van der Waals surface area (Å²) in [5.41, 5.74) is 7.60. The van der Waals surface area contributed by atoms with Gasteiger partial charge in [0.25, 0.3) is 0 Å². The standard InChI is InChI=1S/C9H8ClN3.C2H6/c1-5-2-3-7-6(4-5)8(11)13-9(10)12-7;1-2/h2-4H,1H3,(H2,11,12,13);1-2H3. The number of aromatic nitrogens is 2. The SMILES string of the molecule is CC.Cc1ccc2nc(Cl)nc(N)c2c1. The molecular formula is C11H14ClN3. The van der Waals surface area contributed by atoms with Gasteiger partial charge < -0.3 is 5.73 Å². The van der Waals surface area contributed by atoms with Crippen molar-refractivity contribution in [1.29, 1.82) is 0 Å². The summed E-state index contributed by atoms with van der Waals surface area (Å²) in [5, 5.41) is 1.04. The first-order chi connectivity index (χ1) is 7.16. The Balaban J connectivity index is 0.000000531. The minimum absolute atomic E-state index is 0.189. The highest BCUT2D eigenvalue weighted by Crippen LogP contribution is 2.20. The minimum Gasteiger partial charge on any atom is -0.383 e. The highest BCUT2D eigenvalue weighted by molar-refractivity contribution is 6.28. The Morgan fingerprint density at radius 1 is 1.20 bits per heavy atom. The second-order valence-corrected chi connectivity index (χ2v) is 3.24. The summed E-state index contributed by atoms with van der Waals surface area (Å²) in [6.45, 7) is 5.99. The lowest BCUT2D eigenvalue weighted by Crippen LogP contribution is -1.94. The zero-order chi connectivity index (χ0) is 11.4. The first-order valence-electron chi connectivity index (χ1n) is 4.86. The molecule has 0 atom stereocenters. The van der Waals surface area contributed by atoms with Crippen LogP contribution < -0.4 is 5.73 Å². The van der Waals surface area contributed by atoms with Crippen molar-refractivity contribution in [2.24, 2.45) is 0 Å². The second kappa shape index (κ2) is 4.94. The number of benzene rings is 1. The van der Waals surface area contributed by atoms with Gasteiger partial charge in [0.1, 0.15) is 5.82 Å². The summed E-state index contributed by atoms with van der Waals surface area (Å²) in [4.78, 5) is 7.93. The normalized spacial score (nSPS) is 9.60. The summed E-state index contributed by atoms with van der Waals surface area (Å²) >= 11 is 5.66.